The quantitative estimate of drug-likeness (QED) is 0.350. The van der Waals surface area contributed by atoms with Gasteiger partial charge < -0.3 is 0 Å². The Hall–Kier alpha value is -3.02. The van der Waals surface area contributed by atoms with Crippen molar-refractivity contribution in [2.45, 2.75) is 0 Å². The van der Waals surface area contributed by atoms with Gasteiger partial charge in [-0.3, -0.25) is 10.4 Å². The lowest BCUT2D eigenvalue weighted by Crippen LogP contribution is -2.08. The minimum atomic E-state index is 0.708. The van der Waals surface area contributed by atoms with Gasteiger partial charge >= 0.3 is 0 Å². The third kappa shape index (κ3) is 4.22. The van der Waals surface area contributed by atoms with E-state index < -0.39 is 0 Å². The van der Waals surface area contributed by atoms with Crippen LogP contribution in [-0.2, 0) is 0 Å². The Morgan fingerprint density at radius 3 is 2.44 bits per heavy atom. The topological polar surface area (TPSA) is 50.2 Å². The first-order valence-corrected chi connectivity index (χ1v) is 9.57. The third-order valence-corrected chi connectivity index (χ3v) is 4.86. The van der Waals surface area contributed by atoms with E-state index >= 15 is 0 Å². The SMILES string of the molecule is Clc1ccc(-c2csc(N/N=C(\c3ccccc3)c3ccccn3)n2)cc1. The Bertz CT molecular complexity index is 1000. The van der Waals surface area contributed by atoms with Crippen LogP contribution >= 0.6 is 22.9 Å². The van der Waals surface area contributed by atoms with Crippen molar-refractivity contribution in [3.63, 3.8) is 0 Å². The molecule has 0 aliphatic carbocycles. The highest BCUT2D eigenvalue weighted by Gasteiger charge is 2.09. The van der Waals surface area contributed by atoms with Crippen molar-refractivity contribution in [3.05, 3.63) is 101 Å². The predicted molar refractivity (Wildman–Crippen MR) is 113 cm³/mol. The van der Waals surface area contributed by atoms with Crippen molar-refractivity contribution >= 4 is 33.8 Å². The minimum Gasteiger partial charge on any atom is -0.255 e. The standard InChI is InChI=1S/C21H15ClN4S/c22-17-11-9-15(10-12-17)19-14-27-21(24-19)26-25-20(16-6-2-1-3-7-16)18-8-4-5-13-23-18/h1-14H,(H,24,26)/b25-20+. The Morgan fingerprint density at radius 2 is 1.70 bits per heavy atom. The zero-order chi connectivity index (χ0) is 18.5. The molecule has 0 saturated carbocycles. The fourth-order valence-corrected chi connectivity index (χ4v) is 3.34. The molecule has 0 fully saturated rings. The van der Waals surface area contributed by atoms with E-state index in [-0.39, 0.29) is 0 Å². The van der Waals surface area contributed by atoms with Gasteiger partial charge in [0, 0.05) is 27.7 Å². The molecule has 0 spiro atoms. The molecular weight excluding hydrogens is 376 g/mol. The summed E-state index contributed by atoms with van der Waals surface area (Å²) in [6, 6.07) is 23.4. The number of halogens is 1. The molecule has 4 rings (SSSR count). The van der Waals surface area contributed by atoms with Crippen LogP contribution in [0.1, 0.15) is 11.3 Å². The largest absolute Gasteiger partial charge is 0.255 e. The van der Waals surface area contributed by atoms with Crippen LogP contribution in [0, 0.1) is 0 Å². The van der Waals surface area contributed by atoms with E-state index in [1.165, 1.54) is 11.3 Å². The Morgan fingerprint density at radius 1 is 0.926 bits per heavy atom. The zero-order valence-corrected chi connectivity index (χ0v) is 15.8. The monoisotopic (exact) mass is 390 g/mol. The lowest BCUT2D eigenvalue weighted by Gasteiger charge is -2.06. The summed E-state index contributed by atoms with van der Waals surface area (Å²) >= 11 is 7.45. The molecule has 6 heteroatoms. The summed E-state index contributed by atoms with van der Waals surface area (Å²) in [4.78, 5) is 9.03. The van der Waals surface area contributed by atoms with Crippen molar-refractivity contribution in [2.24, 2.45) is 5.10 Å². The van der Waals surface area contributed by atoms with Crippen LogP contribution in [0.15, 0.2) is 89.5 Å². The lowest BCUT2D eigenvalue weighted by molar-refractivity contribution is 1.24. The first kappa shape index (κ1) is 17.4. The maximum absolute atomic E-state index is 5.95. The molecule has 27 heavy (non-hydrogen) atoms. The van der Waals surface area contributed by atoms with Crippen LogP contribution in [0.25, 0.3) is 11.3 Å². The second-order valence-corrected chi connectivity index (χ2v) is 6.99. The fraction of sp³-hybridized carbons (Fsp3) is 0. The van der Waals surface area contributed by atoms with Crippen molar-refractivity contribution in [1.29, 1.82) is 0 Å². The molecule has 1 N–H and O–H groups in total. The summed E-state index contributed by atoms with van der Waals surface area (Å²) in [5.74, 6) is 0. The maximum atomic E-state index is 5.95. The van der Waals surface area contributed by atoms with E-state index in [2.05, 4.69) is 20.5 Å². The van der Waals surface area contributed by atoms with Gasteiger partial charge in [-0.15, -0.1) is 11.3 Å². The highest BCUT2D eigenvalue weighted by molar-refractivity contribution is 7.14. The lowest BCUT2D eigenvalue weighted by atomic mass is 10.1. The molecule has 0 unspecified atom stereocenters. The molecule has 2 aromatic carbocycles. The number of hydrogen-bond donors (Lipinski definition) is 1. The van der Waals surface area contributed by atoms with Crippen molar-refractivity contribution in [1.82, 2.24) is 9.97 Å². The van der Waals surface area contributed by atoms with E-state index in [1.807, 2.05) is 78.2 Å². The normalized spacial score (nSPS) is 11.4. The number of hydrogen-bond acceptors (Lipinski definition) is 5. The number of pyridine rings is 1. The number of thiazole rings is 1. The zero-order valence-electron chi connectivity index (χ0n) is 14.2. The number of anilines is 1. The number of aromatic nitrogens is 2. The molecule has 4 aromatic rings. The molecule has 0 aliphatic rings. The maximum Gasteiger partial charge on any atom is 0.203 e. The molecular formula is C21H15ClN4S. The minimum absolute atomic E-state index is 0.708. The Labute approximate surface area is 166 Å². The van der Waals surface area contributed by atoms with Crippen LogP contribution in [0.5, 0.6) is 0 Å². The van der Waals surface area contributed by atoms with Gasteiger partial charge in [-0.1, -0.05) is 60.1 Å². The average Bonchev–Trinajstić information content (AvgIpc) is 3.19. The highest BCUT2D eigenvalue weighted by Crippen LogP contribution is 2.26. The van der Waals surface area contributed by atoms with E-state index in [9.17, 15) is 0 Å². The van der Waals surface area contributed by atoms with Gasteiger partial charge in [0.25, 0.3) is 0 Å². The van der Waals surface area contributed by atoms with Gasteiger partial charge in [-0.05, 0) is 24.3 Å². The van der Waals surface area contributed by atoms with Gasteiger partial charge in [0.2, 0.25) is 5.13 Å². The number of nitrogens with one attached hydrogen (secondary N) is 1. The van der Waals surface area contributed by atoms with Gasteiger partial charge in [-0.25, -0.2) is 4.98 Å². The molecule has 0 aliphatic heterocycles. The van der Waals surface area contributed by atoms with Gasteiger partial charge in [0.1, 0.15) is 5.71 Å². The van der Waals surface area contributed by atoms with Gasteiger partial charge in [0.05, 0.1) is 11.4 Å². The van der Waals surface area contributed by atoms with Crippen LogP contribution in [0.2, 0.25) is 5.02 Å². The molecule has 0 bridgehead atoms. The van der Waals surface area contributed by atoms with Crippen LogP contribution in [0.3, 0.4) is 0 Å². The summed E-state index contributed by atoms with van der Waals surface area (Å²) < 4.78 is 0. The van der Waals surface area contributed by atoms with E-state index in [0.717, 1.165) is 28.2 Å². The predicted octanol–water partition coefficient (Wildman–Crippen LogP) is 5.72. The van der Waals surface area contributed by atoms with Crippen molar-refractivity contribution in [3.8, 4) is 11.3 Å². The fourth-order valence-electron chi connectivity index (χ4n) is 2.55. The summed E-state index contributed by atoms with van der Waals surface area (Å²) in [6.45, 7) is 0. The Kier molecular flexibility index (Phi) is 5.23. The Balaban J connectivity index is 1.62. The van der Waals surface area contributed by atoms with Crippen molar-refractivity contribution < 1.29 is 0 Å². The summed E-state index contributed by atoms with van der Waals surface area (Å²) in [7, 11) is 0. The van der Waals surface area contributed by atoms with E-state index in [1.54, 1.807) is 6.20 Å². The van der Waals surface area contributed by atoms with Crippen molar-refractivity contribution in [2.75, 3.05) is 5.43 Å². The first-order chi connectivity index (χ1) is 13.3. The van der Waals surface area contributed by atoms with E-state index in [0.29, 0.717) is 10.2 Å². The number of benzene rings is 2. The second-order valence-electron chi connectivity index (χ2n) is 5.70. The molecule has 132 valence electrons. The van der Waals surface area contributed by atoms with Crippen LogP contribution in [0.4, 0.5) is 5.13 Å². The molecule has 0 atom stereocenters. The summed E-state index contributed by atoms with van der Waals surface area (Å²) in [5, 5.41) is 8.00. The first-order valence-electron chi connectivity index (χ1n) is 8.31. The van der Waals surface area contributed by atoms with E-state index in [4.69, 9.17) is 11.6 Å². The summed E-state index contributed by atoms with van der Waals surface area (Å²) in [6.07, 6.45) is 1.76. The molecule has 2 heterocycles. The molecule has 4 nitrogen and oxygen atoms in total. The van der Waals surface area contributed by atoms with Crippen LogP contribution in [-0.4, -0.2) is 15.7 Å². The number of nitrogens with zero attached hydrogens (tertiary/aromatic N) is 3. The molecule has 0 saturated heterocycles. The third-order valence-electron chi connectivity index (χ3n) is 3.86. The number of hydrazone groups is 1. The highest BCUT2D eigenvalue weighted by atomic mass is 35.5. The molecule has 0 amide bonds. The number of rotatable bonds is 5. The average molecular weight is 391 g/mol. The van der Waals surface area contributed by atoms with Gasteiger partial charge in [-0.2, -0.15) is 5.10 Å². The second kappa shape index (κ2) is 8.12. The van der Waals surface area contributed by atoms with Crippen LogP contribution < -0.4 is 5.43 Å². The molecule has 2 aromatic heterocycles. The summed E-state index contributed by atoms with van der Waals surface area (Å²) in [5.41, 5.74) is 7.51. The molecule has 0 radical (unpaired) electrons. The van der Waals surface area contributed by atoms with Gasteiger partial charge in [0.15, 0.2) is 0 Å². The smallest absolute Gasteiger partial charge is 0.203 e.